The number of aliphatic hydroxyl groups is 1. The maximum atomic E-state index is 12.8. The number of ether oxygens (including phenoxy) is 3. The second kappa shape index (κ2) is 8.73. The molecule has 2 aromatic carbocycles. The number of benzene rings is 2. The first-order valence-electron chi connectivity index (χ1n) is 11.4. The lowest BCUT2D eigenvalue weighted by molar-refractivity contribution is -0.142. The van der Waals surface area contributed by atoms with Crippen LogP contribution in [0.1, 0.15) is 50.3 Å². The van der Waals surface area contributed by atoms with Crippen LogP contribution in [0.5, 0.6) is 11.5 Å². The number of aromatic hydroxyl groups is 1. The summed E-state index contributed by atoms with van der Waals surface area (Å²) in [4.78, 5) is 12.8. The van der Waals surface area contributed by atoms with Gasteiger partial charge in [0, 0.05) is 12.7 Å². The number of nitrogens with one attached hydrogen (secondary N) is 1. The van der Waals surface area contributed by atoms with Gasteiger partial charge in [0.25, 0.3) is 5.91 Å². The van der Waals surface area contributed by atoms with Crippen LogP contribution in [0, 0.1) is 5.41 Å². The Kier molecular flexibility index (Phi) is 6.23. The van der Waals surface area contributed by atoms with E-state index in [0.29, 0.717) is 29.2 Å². The van der Waals surface area contributed by atoms with Crippen LogP contribution in [-0.2, 0) is 19.9 Å². The molecule has 2 heterocycles. The Balaban J connectivity index is 1.78. The van der Waals surface area contributed by atoms with Gasteiger partial charge in [-0.25, -0.2) is 0 Å². The van der Waals surface area contributed by atoms with E-state index >= 15 is 0 Å². The highest BCUT2D eigenvalue weighted by molar-refractivity contribution is 6.00. The summed E-state index contributed by atoms with van der Waals surface area (Å²) in [6.07, 6.45) is 4.38. The molecule has 7 heteroatoms. The molecule has 7 nitrogen and oxygen atoms in total. The number of phenols is 1. The summed E-state index contributed by atoms with van der Waals surface area (Å²) in [5.41, 5.74) is -0.808. The van der Waals surface area contributed by atoms with Crippen LogP contribution in [0.4, 0.5) is 5.69 Å². The fourth-order valence-electron chi connectivity index (χ4n) is 4.66. The van der Waals surface area contributed by atoms with E-state index in [0.717, 1.165) is 12.8 Å². The highest BCUT2D eigenvalue weighted by Crippen LogP contribution is 2.48. The van der Waals surface area contributed by atoms with Gasteiger partial charge in [-0.05, 0) is 55.0 Å². The molecule has 0 unspecified atom stereocenters. The summed E-state index contributed by atoms with van der Waals surface area (Å²) < 4.78 is 16.8. The van der Waals surface area contributed by atoms with Crippen LogP contribution in [0.25, 0.3) is 6.08 Å². The van der Waals surface area contributed by atoms with E-state index in [9.17, 15) is 15.0 Å². The van der Waals surface area contributed by atoms with Crippen LogP contribution < -0.4 is 10.1 Å². The SMILES string of the molecule is COc1ccc([C@@]2(O)c3c(ccc(C=C[C@]4(C)CCC(C)(C)CO4)c3O)NC(=O)[C@H]2OC)cc1. The average Bonchev–Trinajstić information content (AvgIpc) is 2.81. The highest BCUT2D eigenvalue weighted by Gasteiger charge is 2.51. The molecule has 1 fully saturated rings. The number of hydrogen-bond donors (Lipinski definition) is 3. The molecule has 0 aliphatic carbocycles. The number of hydrogen-bond acceptors (Lipinski definition) is 6. The Morgan fingerprint density at radius 1 is 1.09 bits per heavy atom. The number of carbonyl (C=O) groups is 1. The van der Waals surface area contributed by atoms with Gasteiger partial charge in [-0.2, -0.15) is 0 Å². The van der Waals surface area contributed by atoms with E-state index in [1.54, 1.807) is 49.6 Å². The Morgan fingerprint density at radius 2 is 1.79 bits per heavy atom. The fourth-order valence-corrected chi connectivity index (χ4v) is 4.66. The average molecular weight is 468 g/mol. The zero-order chi connectivity index (χ0) is 24.7. The third-order valence-corrected chi connectivity index (χ3v) is 6.94. The molecule has 2 aliphatic rings. The van der Waals surface area contributed by atoms with Crippen molar-refractivity contribution in [3.05, 3.63) is 59.2 Å². The van der Waals surface area contributed by atoms with E-state index < -0.39 is 23.2 Å². The molecule has 3 atom stereocenters. The van der Waals surface area contributed by atoms with Crippen molar-refractivity contribution in [1.29, 1.82) is 0 Å². The monoisotopic (exact) mass is 467 g/mol. The lowest BCUT2D eigenvalue weighted by atomic mass is 9.76. The quantitative estimate of drug-likeness (QED) is 0.610. The van der Waals surface area contributed by atoms with Crippen LogP contribution >= 0.6 is 0 Å². The summed E-state index contributed by atoms with van der Waals surface area (Å²) in [6.45, 7) is 7.06. The Labute approximate surface area is 200 Å². The van der Waals surface area contributed by atoms with Crippen molar-refractivity contribution in [2.75, 3.05) is 26.1 Å². The number of phenolic OH excluding ortho intramolecular Hbond substituents is 1. The van der Waals surface area contributed by atoms with Gasteiger partial charge >= 0.3 is 0 Å². The number of fused-ring (bicyclic) bond motifs is 1. The predicted octanol–water partition coefficient (Wildman–Crippen LogP) is 4.21. The van der Waals surface area contributed by atoms with Crippen LogP contribution in [0.3, 0.4) is 0 Å². The van der Waals surface area contributed by atoms with Crippen LogP contribution in [-0.4, -0.2) is 48.7 Å². The Morgan fingerprint density at radius 3 is 2.38 bits per heavy atom. The van der Waals surface area contributed by atoms with Gasteiger partial charge in [0.05, 0.1) is 30.6 Å². The van der Waals surface area contributed by atoms with Gasteiger partial charge in [-0.1, -0.05) is 38.1 Å². The maximum absolute atomic E-state index is 12.8. The van der Waals surface area contributed by atoms with Gasteiger partial charge in [0.1, 0.15) is 11.5 Å². The minimum atomic E-state index is -1.91. The summed E-state index contributed by atoms with van der Waals surface area (Å²) in [6, 6.07) is 10.1. The molecule has 0 spiro atoms. The third-order valence-electron chi connectivity index (χ3n) is 6.94. The largest absolute Gasteiger partial charge is 0.507 e. The van der Waals surface area contributed by atoms with Crippen molar-refractivity contribution in [1.82, 2.24) is 0 Å². The topological polar surface area (TPSA) is 97.3 Å². The van der Waals surface area contributed by atoms with E-state index in [1.165, 1.54) is 7.11 Å². The number of rotatable bonds is 5. The van der Waals surface area contributed by atoms with E-state index in [-0.39, 0.29) is 16.7 Å². The normalized spacial score (nSPS) is 28.4. The Bertz CT molecular complexity index is 1100. The number of carbonyl (C=O) groups excluding carboxylic acids is 1. The van der Waals surface area contributed by atoms with Crippen molar-refractivity contribution >= 4 is 17.7 Å². The first-order chi connectivity index (χ1) is 16.0. The second-order valence-corrected chi connectivity index (χ2v) is 10.1. The van der Waals surface area contributed by atoms with Gasteiger partial charge in [0.2, 0.25) is 0 Å². The number of anilines is 1. The third kappa shape index (κ3) is 4.19. The second-order valence-electron chi connectivity index (χ2n) is 10.1. The standard InChI is InChI=1S/C27H33NO6/c1-25(2)14-15-26(3,34-16-25)13-12-17-6-11-20-21(22(17)29)27(31,23(33-5)24(30)28-20)18-7-9-19(32-4)10-8-18/h6-13,23,29,31H,14-16H2,1-5H3,(H,28,30)/t23-,26-,27-/m1/s1. The molecule has 0 radical (unpaired) electrons. The van der Waals surface area contributed by atoms with Gasteiger partial charge in [-0.3, -0.25) is 4.79 Å². The van der Waals surface area contributed by atoms with E-state index in [2.05, 4.69) is 19.2 Å². The van der Waals surface area contributed by atoms with Gasteiger partial charge in [0.15, 0.2) is 11.7 Å². The zero-order valence-electron chi connectivity index (χ0n) is 20.3. The molecule has 0 aromatic heterocycles. The summed E-state index contributed by atoms with van der Waals surface area (Å²) >= 11 is 0. The zero-order valence-corrected chi connectivity index (χ0v) is 20.3. The lowest BCUT2D eigenvalue weighted by Gasteiger charge is -2.41. The smallest absolute Gasteiger partial charge is 0.257 e. The van der Waals surface area contributed by atoms with E-state index in [4.69, 9.17) is 14.2 Å². The maximum Gasteiger partial charge on any atom is 0.257 e. The van der Waals surface area contributed by atoms with Gasteiger partial charge < -0.3 is 29.7 Å². The van der Waals surface area contributed by atoms with E-state index in [1.807, 2.05) is 13.0 Å². The van der Waals surface area contributed by atoms with Crippen LogP contribution in [0.2, 0.25) is 0 Å². The minimum absolute atomic E-state index is 0.131. The Hall–Kier alpha value is -2.87. The molecule has 182 valence electrons. The molecular weight excluding hydrogens is 434 g/mol. The molecule has 34 heavy (non-hydrogen) atoms. The molecular formula is C27H33NO6. The van der Waals surface area contributed by atoms with Gasteiger partial charge in [-0.15, -0.1) is 0 Å². The molecule has 4 rings (SSSR count). The minimum Gasteiger partial charge on any atom is -0.507 e. The molecule has 0 saturated carbocycles. The molecule has 0 bridgehead atoms. The lowest BCUT2D eigenvalue weighted by Crippen LogP contribution is -2.52. The van der Waals surface area contributed by atoms with Crippen molar-refractivity contribution in [3.8, 4) is 11.5 Å². The summed E-state index contributed by atoms with van der Waals surface area (Å²) in [5.74, 6) is -0.0257. The summed E-state index contributed by atoms with van der Waals surface area (Å²) in [5, 5.41) is 26.1. The molecule has 1 amide bonds. The molecule has 2 aromatic rings. The van der Waals surface area contributed by atoms with Crippen molar-refractivity contribution < 1.29 is 29.2 Å². The van der Waals surface area contributed by atoms with Crippen molar-refractivity contribution in [2.45, 2.75) is 50.9 Å². The number of amides is 1. The van der Waals surface area contributed by atoms with Crippen LogP contribution in [0.15, 0.2) is 42.5 Å². The predicted molar refractivity (Wildman–Crippen MR) is 130 cm³/mol. The molecule has 3 N–H and O–H groups in total. The first-order valence-corrected chi connectivity index (χ1v) is 11.4. The molecule has 1 saturated heterocycles. The number of methoxy groups -OCH3 is 2. The summed E-state index contributed by atoms with van der Waals surface area (Å²) in [7, 11) is 2.90. The first kappa shape index (κ1) is 24.3. The molecule has 2 aliphatic heterocycles. The fraction of sp³-hybridized carbons (Fsp3) is 0.444. The van der Waals surface area contributed by atoms with Crippen molar-refractivity contribution in [2.24, 2.45) is 5.41 Å². The van der Waals surface area contributed by atoms with Crippen molar-refractivity contribution in [3.63, 3.8) is 0 Å². The highest BCUT2D eigenvalue weighted by atomic mass is 16.5.